The van der Waals surface area contributed by atoms with E-state index in [1.807, 2.05) is 6.92 Å². The van der Waals surface area contributed by atoms with E-state index in [-0.39, 0.29) is 23.7 Å². The van der Waals surface area contributed by atoms with Gasteiger partial charge in [-0.2, -0.15) is 0 Å². The number of hydrogen-bond acceptors (Lipinski definition) is 34. The highest BCUT2D eigenvalue weighted by Crippen LogP contribution is 2.76. The predicted octanol–water partition coefficient (Wildman–Crippen LogP) is -6.39. The zero-order chi connectivity index (χ0) is 73.3. The summed E-state index contributed by atoms with van der Waals surface area (Å²) in [5.74, 6) is -1.50. The van der Waals surface area contributed by atoms with E-state index in [1.54, 1.807) is 0 Å². The molecule has 7 saturated heterocycles. The van der Waals surface area contributed by atoms with E-state index >= 15 is 4.79 Å². The SMILES string of the molecule is C[C@@H]1O[C@@H](O[C@H]2[C@H](OC(=O)[C@]34CCC(C)(C)CC3C3=CC[C@@H]5[C@@]6(C)C[C@H](O)[C@H](O[C@@H]7O[C@H](CO)[C@@H](O)[C@H](O[C@@H]8OC[C@@H](O)[C@H](O)[C@H]8O)[C@H]7O)[C@@](C)(CO)C6CC[C@@]5(C)[C@]3(C)CC4)OC[C@H](O)[C@@H]2O)[C@H](O)[C@H](O[C@@H]2OC[C@H](O)[C@H](O)[C@H]2O)[C@H]1O[C@@H]1OC[C@@H](O)[C@H](O[C@@H]2OC[C@](O)(CO)[C@H]2O)[C@H]1O. The third kappa shape index (κ3) is 13.5. The second-order valence-electron chi connectivity index (χ2n) is 32.6. The first kappa shape index (κ1) is 78.5. The first-order valence-electron chi connectivity index (χ1n) is 35.5. The van der Waals surface area contributed by atoms with Crippen molar-refractivity contribution in [2.45, 2.75) is 296 Å². The van der Waals surface area contributed by atoms with Crippen molar-refractivity contribution in [1.82, 2.24) is 0 Å². The Morgan fingerprint density at radius 3 is 1.64 bits per heavy atom. The van der Waals surface area contributed by atoms with Crippen LogP contribution in [0.2, 0.25) is 0 Å². The molecule has 0 aromatic carbocycles. The predicted molar refractivity (Wildman–Crippen MR) is 332 cm³/mol. The normalized spacial score (nSPS) is 55.3. The number of carbonyl (C=O) groups excluding carboxylic acids is 1. The van der Waals surface area contributed by atoms with Crippen molar-refractivity contribution in [3.05, 3.63) is 11.6 Å². The molecule has 7 heterocycles. The number of fused-ring (bicyclic) bond motifs is 7. The number of allylic oxidation sites excluding steroid dienone is 2. The van der Waals surface area contributed by atoms with Crippen molar-refractivity contribution >= 4 is 5.97 Å². The molecule has 4 saturated carbocycles. The minimum absolute atomic E-state index is 0.119. The summed E-state index contributed by atoms with van der Waals surface area (Å²) in [4.78, 5) is 15.7. The first-order chi connectivity index (χ1) is 47.5. The molecule has 2 unspecified atom stereocenters. The number of hydrogen-bond donors (Lipinski definition) is 19. The van der Waals surface area contributed by atoms with E-state index in [0.29, 0.717) is 51.4 Å². The average molecular weight is 1460 g/mol. The lowest BCUT2D eigenvalue weighted by Gasteiger charge is -2.72. The van der Waals surface area contributed by atoms with Crippen molar-refractivity contribution < 1.29 is 168 Å². The van der Waals surface area contributed by atoms with Gasteiger partial charge in [-0.15, -0.1) is 0 Å². The lowest BCUT2D eigenvalue weighted by Crippen LogP contribution is -2.70. The molecule has 34 heteroatoms. The minimum Gasteiger partial charge on any atom is -0.432 e. The van der Waals surface area contributed by atoms with E-state index in [2.05, 4.69) is 40.7 Å². The third-order valence-electron chi connectivity index (χ3n) is 26.0. The van der Waals surface area contributed by atoms with E-state index < -0.39 is 282 Å². The molecular formula is C67H108O34. The van der Waals surface area contributed by atoms with Crippen molar-refractivity contribution in [3.63, 3.8) is 0 Å². The van der Waals surface area contributed by atoms with Crippen LogP contribution in [0.15, 0.2) is 11.6 Å². The van der Waals surface area contributed by atoms with Gasteiger partial charge in [0.15, 0.2) is 43.8 Å². The number of aliphatic hydroxyl groups excluding tert-OH is 18. The van der Waals surface area contributed by atoms with E-state index in [1.165, 1.54) is 6.92 Å². The third-order valence-corrected chi connectivity index (χ3v) is 26.0. The van der Waals surface area contributed by atoms with Gasteiger partial charge in [-0.3, -0.25) is 4.79 Å². The highest BCUT2D eigenvalue weighted by molar-refractivity contribution is 5.79. The van der Waals surface area contributed by atoms with Crippen LogP contribution in [-0.2, 0) is 71.1 Å². The lowest BCUT2D eigenvalue weighted by atomic mass is 9.33. The highest BCUT2D eigenvalue weighted by Gasteiger charge is 2.72. The number of aliphatic hydroxyl groups is 19. The minimum atomic E-state index is -2.13. The number of esters is 1. The molecule has 580 valence electrons. The van der Waals surface area contributed by atoms with Crippen LogP contribution in [0, 0.1) is 50.2 Å². The van der Waals surface area contributed by atoms with Gasteiger partial charge in [0.05, 0.1) is 76.6 Å². The summed E-state index contributed by atoms with van der Waals surface area (Å²) >= 11 is 0. The van der Waals surface area contributed by atoms with E-state index in [4.69, 9.17) is 66.3 Å². The average Bonchev–Trinajstić information content (AvgIpc) is 0.946. The molecule has 7 aliphatic heterocycles. The summed E-state index contributed by atoms with van der Waals surface area (Å²) in [5, 5.41) is 210. The van der Waals surface area contributed by atoms with Crippen molar-refractivity contribution in [3.8, 4) is 0 Å². The highest BCUT2D eigenvalue weighted by atomic mass is 16.8. The van der Waals surface area contributed by atoms with Crippen LogP contribution in [0.5, 0.6) is 0 Å². The Morgan fingerprint density at radius 2 is 1.03 bits per heavy atom. The second-order valence-corrected chi connectivity index (χ2v) is 32.6. The zero-order valence-electron chi connectivity index (χ0n) is 57.8. The van der Waals surface area contributed by atoms with Crippen LogP contribution < -0.4 is 0 Å². The molecule has 11 fully saturated rings. The summed E-state index contributed by atoms with van der Waals surface area (Å²) in [6.07, 6.45) is -43.9. The van der Waals surface area contributed by atoms with Gasteiger partial charge < -0.3 is 163 Å². The molecule has 0 bridgehead atoms. The van der Waals surface area contributed by atoms with E-state index in [9.17, 15) is 97.0 Å². The van der Waals surface area contributed by atoms with Crippen molar-refractivity contribution in [2.24, 2.45) is 50.2 Å². The van der Waals surface area contributed by atoms with Crippen LogP contribution in [-0.4, -0.2) is 346 Å². The van der Waals surface area contributed by atoms with Gasteiger partial charge in [0, 0.05) is 5.41 Å². The van der Waals surface area contributed by atoms with Crippen LogP contribution in [0.25, 0.3) is 0 Å². The molecule has 0 amide bonds. The Hall–Kier alpha value is -2.07. The molecule has 12 aliphatic rings. The van der Waals surface area contributed by atoms with Gasteiger partial charge in [0.25, 0.3) is 0 Å². The molecule has 101 heavy (non-hydrogen) atoms. The fraction of sp³-hybridized carbons (Fsp3) is 0.955. The Balaban J connectivity index is 0.771. The fourth-order valence-corrected chi connectivity index (χ4v) is 19.7. The second kappa shape index (κ2) is 29.4. The Bertz CT molecular complexity index is 2880. The number of carbonyl (C=O) groups is 1. The smallest absolute Gasteiger partial charge is 0.315 e. The maximum absolute atomic E-state index is 15.7. The number of ether oxygens (including phenoxy) is 14. The maximum Gasteiger partial charge on any atom is 0.315 e. The molecule has 19 N–H and O–H groups in total. The van der Waals surface area contributed by atoms with Gasteiger partial charge >= 0.3 is 5.97 Å². The Morgan fingerprint density at radius 1 is 0.495 bits per heavy atom. The topological polar surface area (TPSA) is 531 Å². The first-order valence-corrected chi connectivity index (χ1v) is 35.5. The standard InChI is InChI=1S/C67H108O34/c1-26-46(95-55-43(82)47(33(75)22-90-55)96-59-51(85)67(87,24-70)25-92-59)49(98-54-42(81)38(77)31(73)20-89-54)45(84)56(93-26)99-50-39(78)32(74)21-91-58(50)101-60(86)66-14-12-61(2,3)16-28(66)27-8-9-36-62(4)17-29(71)52(63(5,23-69)35(62)10-11-65(36,7)64(27,6)13-15-66)100-57-44(83)48(40(79)34(18-68)94-57)97-53-41(80)37(76)30(72)19-88-53/h8,26,28-59,68-85,87H,9-25H2,1-7H3/t26-,28?,29-,30+,31-,32-,33+,34+,35?,36+,37-,38-,39-,40+,41+,42+,43+,44+,45+,46-,47-,48-,49-,50+,51-,52-,53-,54-,55-,56-,57-,58-,59-,62-,63-,64+,65+,66-,67+/m0/s1. The molecule has 0 aromatic rings. The van der Waals surface area contributed by atoms with Crippen molar-refractivity contribution in [2.75, 3.05) is 52.9 Å². The largest absolute Gasteiger partial charge is 0.432 e. The molecular weight excluding hydrogens is 1350 g/mol. The monoisotopic (exact) mass is 1460 g/mol. The van der Waals surface area contributed by atoms with Gasteiger partial charge in [-0.05, 0) is 104 Å². The van der Waals surface area contributed by atoms with Crippen molar-refractivity contribution in [1.29, 1.82) is 0 Å². The van der Waals surface area contributed by atoms with Crippen LogP contribution in [0.4, 0.5) is 0 Å². The summed E-state index contributed by atoms with van der Waals surface area (Å²) in [6, 6.07) is 0. The molecule has 0 aromatic heterocycles. The molecule has 5 aliphatic carbocycles. The van der Waals surface area contributed by atoms with Gasteiger partial charge in [0.2, 0.25) is 6.29 Å². The van der Waals surface area contributed by atoms with Crippen LogP contribution in [0.1, 0.15) is 106 Å². The van der Waals surface area contributed by atoms with E-state index in [0.717, 1.165) is 5.57 Å². The molecule has 12 rings (SSSR count). The van der Waals surface area contributed by atoms with Gasteiger partial charge in [0.1, 0.15) is 122 Å². The summed E-state index contributed by atoms with van der Waals surface area (Å²) in [7, 11) is 0. The molecule has 0 spiro atoms. The lowest BCUT2D eigenvalue weighted by molar-refractivity contribution is -0.390. The molecule has 0 radical (unpaired) electrons. The quantitative estimate of drug-likeness (QED) is 0.0366. The molecule has 34 nitrogen and oxygen atoms in total. The fourth-order valence-electron chi connectivity index (χ4n) is 19.7. The number of rotatable bonds is 17. The summed E-state index contributed by atoms with van der Waals surface area (Å²) in [6.45, 7) is 9.39. The summed E-state index contributed by atoms with van der Waals surface area (Å²) in [5.41, 5.74) is -5.42. The Kier molecular flexibility index (Phi) is 22.8. The zero-order valence-corrected chi connectivity index (χ0v) is 57.8. The van der Waals surface area contributed by atoms with Crippen LogP contribution in [0.3, 0.4) is 0 Å². The Labute approximate surface area is 583 Å². The van der Waals surface area contributed by atoms with Crippen LogP contribution >= 0.6 is 0 Å². The summed E-state index contributed by atoms with van der Waals surface area (Å²) < 4.78 is 83.5. The maximum atomic E-state index is 15.7. The molecule has 39 atom stereocenters. The van der Waals surface area contributed by atoms with Gasteiger partial charge in [-0.25, -0.2) is 0 Å². The van der Waals surface area contributed by atoms with Gasteiger partial charge in [-0.1, -0.05) is 53.2 Å².